The number of halogens is 1. The van der Waals surface area contributed by atoms with E-state index in [1.807, 2.05) is 31.2 Å². The summed E-state index contributed by atoms with van der Waals surface area (Å²) in [5.74, 6) is 0.442. The summed E-state index contributed by atoms with van der Waals surface area (Å²) in [6.45, 7) is 5.80. The van der Waals surface area contributed by atoms with Crippen LogP contribution in [0.15, 0.2) is 53.4 Å². The number of benzene rings is 2. The molecule has 5 nitrogen and oxygen atoms in total. The lowest BCUT2D eigenvalue weighted by Gasteiger charge is -2.33. The molecule has 1 fully saturated rings. The Labute approximate surface area is 160 Å². The van der Waals surface area contributed by atoms with Gasteiger partial charge in [-0.05, 0) is 55.3 Å². The molecule has 1 saturated heterocycles. The number of aryl methyl sites for hydroxylation is 1. The van der Waals surface area contributed by atoms with Gasteiger partial charge >= 0.3 is 0 Å². The van der Waals surface area contributed by atoms with Crippen molar-refractivity contribution in [3.8, 4) is 5.75 Å². The summed E-state index contributed by atoms with van der Waals surface area (Å²) in [7, 11) is -3.55. The van der Waals surface area contributed by atoms with Gasteiger partial charge in [0.05, 0.1) is 11.5 Å². The molecule has 0 saturated carbocycles. The van der Waals surface area contributed by atoms with Gasteiger partial charge in [-0.1, -0.05) is 12.1 Å². The Hall–Kier alpha value is -1.96. The third kappa shape index (κ3) is 5.28. The van der Waals surface area contributed by atoms with E-state index < -0.39 is 15.8 Å². The highest BCUT2D eigenvalue weighted by atomic mass is 32.2. The van der Waals surface area contributed by atoms with Crippen molar-refractivity contribution in [2.24, 2.45) is 0 Å². The van der Waals surface area contributed by atoms with E-state index in [-0.39, 0.29) is 4.90 Å². The second-order valence-electron chi connectivity index (χ2n) is 6.72. The van der Waals surface area contributed by atoms with Gasteiger partial charge in [0, 0.05) is 32.7 Å². The Bertz CT molecular complexity index is 848. The van der Waals surface area contributed by atoms with E-state index in [4.69, 9.17) is 4.74 Å². The zero-order chi connectivity index (χ0) is 19.3. The summed E-state index contributed by atoms with van der Waals surface area (Å²) in [5, 5.41) is 0. The van der Waals surface area contributed by atoms with Crippen LogP contribution in [0, 0.1) is 12.7 Å². The first-order chi connectivity index (χ1) is 12.9. The SMILES string of the molecule is Cc1cccc(OCCCN2CCN(S(=O)(=O)c3ccc(F)cc3)CC2)c1. The largest absolute Gasteiger partial charge is 0.494 e. The molecule has 1 aliphatic rings. The molecule has 2 aromatic rings. The second-order valence-corrected chi connectivity index (χ2v) is 8.66. The predicted molar refractivity (Wildman–Crippen MR) is 103 cm³/mol. The molecule has 0 aromatic heterocycles. The second kappa shape index (κ2) is 8.82. The molecule has 0 unspecified atom stereocenters. The number of sulfonamides is 1. The average Bonchev–Trinajstić information content (AvgIpc) is 2.66. The molecule has 0 amide bonds. The van der Waals surface area contributed by atoms with Crippen LogP contribution in [0.25, 0.3) is 0 Å². The molecule has 3 rings (SSSR count). The fourth-order valence-corrected chi connectivity index (χ4v) is 4.55. The van der Waals surface area contributed by atoms with Crippen LogP contribution < -0.4 is 4.74 Å². The maximum absolute atomic E-state index is 13.0. The first-order valence-corrected chi connectivity index (χ1v) is 10.6. The smallest absolute Gasteiger partial charge is 0.243 e. The van der Waals surface area contributed by atoms with Gasteiger partial charge < -0.3 is 9.64 Å². The van der Waals surface area contributed by atoms with E-state index >= 15 is 0 Å². The summed E-state index contributed by atoms with van der Waals surface area (Å²) < 4.78 is 45.5. The van der Waals surface area contributed by atoms with Crippen molar-refractivity contribution in [1.29, 1.82) is 0 Å². The lowest BCUT2D eigenvalue weighted by atomic mass is 10.2. The summed E-state index contributed by atoms with van der Waals surface area (Å²) in [4.78, 5) is 2.39. The van der Waals surface area contributed by atoms with Crippen LogP contribution in [0.2, 0.25) is 0 Å². The highest BCUT2D eigenvalue weighted by Gasteiger charge is 2.28. The van der Waals surface area contributed by atoms with Gasteiger partial charge in [0.25, 0.3) is 0 Å². The molecule has 7 heteroatoms. The van der Waals surface area contributed by atoms with E-state index in [2.05, 4.69) is 4.90 Å². The summed E-state index contributed by atoms with van der Waals surface area (Å²) >= 11 is 0. The van der Waals surface area contributed by atoms with Crippen LogP contribution in [0.5, 0.6) is 5.75 Å². The highest BCUT2D eigenvalue weighted by molar-refractivity contribution is 7.89. The van der Waals surface area contributed by atoms with Gasteiger partial charge in [0.2, 0.25) is 10.0 Å². The maximum Gasteiger partial charge on any atom is 0.243 e. The Kier molecular flexibility index (Phi) is 6.46. The number of rotatable bonds is 7. The number of piperazine rings is 1. The van der Waals surface area contributed by atoms with Gasteiger partial charge in [-0.2, -0.15) is 4.31 Å². The van der Waals surface area contributed by atoms with Crippen LogP contribution in [-0.4, -0.2) is 57.0 Å². The molecular formula is C20H25FN2O3S. The van der Waals surface area contributed by atoms with Crippen molar-refractivity contribution >= 4 is 10.0 Å². The normalized spacial score (nSPS) is 16.4. The summed E-state index contributed by atoms with van der Waals surface area (Å²) in [6, 6.07) is 13.0. The molecule has 2 aromatic carbocycles. The molecule has 0 aliphatic carbocycles. The molecule has 0 atom stereocenters. The number of hydrogen-bond donors (Lipinski definition) is 0. The molecule has 1 heterocycles. The van der Waals surface area contributed by atoms with Crippen molar-refractivity contribution < 1.29 is 17.5 Å². The first-order valence-electron chi connectivity index (χ1n) is 9.13. The number of ether oxygens (including phenoxy) is 1. The van der Waals surface area contributed by atoms with Crippen molar-refractivity contribution in [3.05, 3.63) is 59.9 Å². The summed E-state index contributed by atoms with van der Waals surface area (Å²) in [5.41, 5.74) is 1.17. The van der Waals surface area contributed by atoms with Gasteiger partial charge in [0.15, 0.2) is 0 Å². The van der Waals surface area contributed by atoms with Gasteiger partial charge in [-0.25, -0.2) is 12.8 Å². The zero-order valence-corrected chi connectivity index (χ0v) is 16.3. The van der Waals surface area contributed by atoms with Crippen molar-refractivity contribution in [2.45, 2.75) is 18.2 Å². The fraction of sp³-hybridized carbons (Fsp3) is 0.400. The third-order valence-electron chi connectivity index (χ3n) is 4.66. The number of hydrogen-bond acceptors (Lipinski definition) is 4. The van der Waals surface area contributed by atoms with Crippen LogP contribution in [0.3, 0.4) is 0 Å². The molecule has 1 aliphatic heterocycles. The minimum absolute atomic E-state index is 0.143. The molecule has 0 spiro atoms. The maximum atomic E-state index is 13.0. The Balaban J connectivity index is 1.43. The molecule has 0 N–H and O–H groups in total. The molecule has 146 valence electrons. The number of nitrogens with zero attached hydrogens (tertiary/aromatic N) is 2. The van der Waals surface area contributed by atoms with Crippen LogP contribution >= 0.6 is 0 Å². The van der Waals surface area contributed by atoms with Gasteiger partial charge in [-0.3, -0.25) is 0 Å². The molecule has 27 heavy (non-hydrogen) atoms. The van der Waals surface area contributed by atoms with E-state index in [1.54, 1.807) is 0 Å². The zero-order valence-electron chi connectivity index (χ0n) is 15.5. The van der Waals surface area contributed by atoms with Crippen LogP contribution in [0.4, 0.5) is 4.39 Å². The minimum Gasteiger partial charge on any atom is -0.494 e. The van der Waals surface area contributed by atoms with E-state index in [0.717, 1.165) is 18.7 Å². The van der Waals surface area contributed by atoms with Crippen molar-refractivity contribution in [2.75, 3.05) is 39.3 Å². The Morgan fingerprint density at radius 1 is 1.04 bits per heavy atom. The van der Waals surface area contributed by atoms with Crippen LogP contribution in [-0.2, 0) is 10.0 Å². The van der Waals surface area contributed by atoms with E-state index in [1.165, 1.54) is 34.1 Å². The van der Waals surface area contributed by atoms with Crippen molar-refractivity contribution in [1.82, 2.24) is 9.21 Å². The van der Waals surface area contributed by atoms with Gasteiger partial charge in [-0.15, -0.1) is 0 Å². The third-order valence-corrected chi connectivity index (χ3v) is 6.57. The summed E-state index contributed by atoms with van der Waals surface area (Å²) in [6.07, 6.45) is 0.888. The molecule has 0 bridgehead atoms. The standard InChI is InChI=1S/C20H25FN2O3S/c1-17-4-2-5-19(16-17)26-15-3-10-22-11-13-23(14-12-22)27(24,25)20-8-6-18(21)7-9-20/h2,4-9,16H,3,10-15H2,1H3. The lowest BCUT2D eigenvalue weighted by molar-refractivity contribution is 0.174. The molecular weight excluding hydrogens is 367 g/mol. The van der Waals surface area contributed by atoms with Gasteiger partial charge in [0.1, 0.15) is 11.6 Å². The Morgan fingerprint density at radius 3 is 2.41 bits per heavy atom. The monoisotopic (exact) mass is 392 g/mol. The lowest BCUT2D eigenvalue weighted by Crippen LogP contribution is -2.48. The van der Waals surface area contributed by atoms with Crippen LogP contribution in [0.1, 0.15) is 12.0 Å². The Morgan fingerprint density at radius 2 is 1.74 bits per heavy atom. The fourth-order valence-electron chi connectivity index (χ4n) is 3.13. The van der Waals surface area contributed by atoms with Crippen molar-refractivity contribution in [3.63, 3.8) is 0 Å². The highest BCUT2D eigenvalue weighted by Crippen LogP contribution is 2.18. The molecule has 0 radical (unpaired) electrons. The quantitative estimate of drug-likeness (QED) is 0.680. The predicted octanol–water partition coefficient (Wildman–Crippen LogP) is 2.91. The topological polar surface area (TPSA) is 49.9 Å². The first kappa shape index (κ1) is 19.8. The van der Waals surface area contributed by atoms with E-state index in [9.17, 15) is 12.8 Å². The van der Waals surface area contributed by atoms with E-state index in [0.29, 0.717) is 32.8 Å². The average molecular weight is 392 g/mol. The minimum atomic E-state index is -3.55.